The lowest BCUT2D eigenvalue weighted by Gasteiger charge is -2.31. The van der Waals surface area contributed by atoms with E-state index in [9.17, 15) is 9.59 Å². The maximum atomic E-state index is 13.7. The van der Waals surface area contributed by atoms with Crippen molar-refractivity contribution in [3.63, 3.8) is 0 Å². The first-order valence-corrected chi connectivity index (χ1v) is 11.3. The number of methoxy groups -OCH3 is 2. The van der Waals surface area contributed by atoms with Gasteiger partial charge < -0.3 is 24.2 Å². The second-order valence-electron chi connectivity index (χ2n) is 7.66. The predicted molar refractivity (Wildman–Crippen MR) is 122 cm³/mol. The number of carbonyl (C=O) groups is 2. The Balaban J connectivity index is 1.72. The van der Waals surface area contributed by atoms with Gasteiger partial charge in [0.1, 0.15) is 5.01 Å². The molecule has 1 atom stereocenters. The standard InChI is InChI=1S/C24H24N2O6S/c1-30-18-11-8-15(12-19(18)31-2)13-26(23(27)17-6-4-3-5-7-17)21(16-9-10-16)22-25-20(14-33-22)32-24(28)29/h3-8,11-12,14,16,21H,9-10,13H2,1-2H3,(H,28,29). The number of hydrogen-bond acceptors (Lipinski definition) is 7. The number of rotatable bonds is 9. The minimum absolute atomic E-state index is 0.0198. The first kappa shape index (κ1) is 22.6. The van der Waals surface area contributed by atoms with E-state index in [-0.39, 0.29) is 23.7 Å². The minimum Gasteiger partial charge on any atom is -0.493 e. The van der Waals surface area contributed by atoms with Crippen molar-refractivity contribution in [1.29, 1.82) is 0 Å². The topological polar surface area (TPSA) is 98.2 Å². The van der Waals surface area contributed by atoms with Crippen LogP contribution in [0.1, 0.15) is 39.8 Å². The van der Waals surface area contributed by atoms with Gasteiger partial charge in [-0.15, -0.1) is 11.3 Å². The molecule has 1 saturated carbocycles. The van der Waals surface area contributed by atoms with E-state index in [2.05, 4.69) is 4.98 Å². The number of carbonyl (C=O) groups excluding carboxylic acids is 1. The molecule has 0 saturated heterocycles. The van der Waals surface area contributed by atoms with Crippen molar-refractivity contribution in [1.82, 2.24) is 9.88 Å². The van der Waals surface area contributed by atoms with Crippen LogP contribution >= 0.6 is 11.3 Å². The molecule has 33 heavy (non-hydrogen) atoms. The fraction of sp³-hybridized carbons (Fsp3) is 0.292. The van der Waals surface area contributed by atoms with Crippen molar-refractivity contribution < 1.29 is 28.9 Å². The average Bonchev–Trinajstić information content (AvgIpc) is 3.56. The van der Waals surface area contributed by atoms with Crippen LogP contribution in [0.2, 0.25) is 0 Å². The lowest BCUT2D eigenvalue weighted by molar-refractivity contribution is 0.0630. The van der Waals surface area contributed by atoms with Gasteiger partial charge in [0, 0.05) is 12.1 Å². The van der Waals surface area contributed by atoms with Gasteiger partial charge in [-0.25, -0.2) is 9.78 Å². The van der Waals surface area contributed by atoms with Crippen LogP contribution in [0, 0.1) is 5.92 Å². The Hall–Kier alpha value is -3.59. The van der Waals surface area contributed by atoms with E-state index in [4.69, 9.17) is 19.3 Å². The van der Waals surface area contributed by atoms with Crippen molar-refractivity contribution in [3.05, 3.63) is 70.0 Å². The van der Waals surface area contributed by atoms with Crippen LogP contribution in [0.3, 0.4) is 0 Å². The normalized spacial score (nSPS) is 13.8. The molecule has 1 amide bonds. The van der Waals surface area contributed by atoms with E-state index < -0.39 is 6.16 Å². The zero-order valence-corrected chi connectivity index (χ0v) is 19.1. The molecule has 0 bridgehead atoms. The Morgan fingerprint density at radius 2 is 1.85 bits per heavy atom. The number of ether oxygens (including phenoxy) is 3. The summed E-state index contributed by atoms with van der Waals surface area (Å²) in [7, 11) is 3.15. The van der Waals surface area contributed by atoms with Crippen molar-refractivity contribution in [2.45, 2.75) is 25.4 Å². The molecule has 1 aliphatic carbocycles. The van der Waals surface area contributed by atoms with Gasteiger partial charge in [0.05, 0.1) is 25.6 Å². The van der Waals surface area contributed by atoms with E-state index in [0.29, 0.717) is 28.6 Å². The Labute approximate surface area is 195 Å². The van der Waals surface area contributed by atoms with Gasteiger partial charge >= 0.3 is 6.16 Å². The molecule has 8 nitrogen and oxygen atoms in total. The number of hydrogen-bond donors (Lipinski definition) is 1. The third-order valence-corrected chi connectivity index (χ3v) is 6.33. The second-order valence-corrected chi connectivity index (χ2v) is 8.55. The molecule has 0 radical (unpaired) electrons. The lowest BCUT2D eigenvalue weighted by Crippen LogP contribution is -2.35. The molecule has 1 aliphatic rings. The maximum Gasteiger partial charge on any atom is 0.512 e. The molecule has 3 aromatic rings. The summed E-state index contributed by atoms with van der Waals surface area (Å²) >= 11 is 1.30. The minimum atomic E-state index is -1.42. The van der Waals surface area contributed by atoms with E-state index in [1.165, 1.54) is 11.3 Å². The molecule has 1 fully saturated rings. The van der Waals surface area contributed by atoms with Gasteiger partial charge in [-0.2, -0.15) is 0 Å². The Bertz CT molecular complexity index is 1130. The summed E-state index contributed by atoms with van der Waals surface area (Å²) in [5.74, 6) is 1.32. The number of amides is 1. The van der Waals surface area contributed by atoms with Crippen LogP contribution < -0.4 is 14.2 Å². The van der Waals surface area contributed by atoms with Crippen molar-refractivity contribution in [2.75, 3.05) is 14.2 Å². The molecule has 9 heteroatoms. The lowest BCUT2D eigenvalue weighted by atomic mass is 10.1. The number of carboxylic acid groups (broad SMARTS) is 1. The summed E-state index contributed by atoms with van der Waals surface area (Å²) < 4.78 is 15.5. The van der Waals surface area contributed by atoms with Gasteiger partial charge in [0.15, 0.2) is 11.5 Å². The molecule has 4 rings (SSSR count). The van der Waals surface area contributed by atoms with Crippen molar-refractivity contribution in [2.24, 2.45) is 5.92 Å². The second kappa shape index (κ2) is 9.91. The smallest absolute Gasteiger partial charge is 0.493 e. The third kappa shape index (κ3) is 5.25. The zero-order valence-electron chi connectivity index (χ0n) is 18.3. The van der Waals surface area contributed by atoms with Crippen molar-refractivity contribution >= 4 is 23.4 Å². The third-order valence-electron chi connectivity index (χ3n) is 5.43. The monoisotopic (exact) mass is 468 g/mol. The molecule has 2 aromatic carbocycles. The average molecular weight is 469 g/mol. The van der Waals surface area contributed by atoms with Crippen LogP contribution in [-0.4, -0.2) is 41.3 Å². The van der Waals surface area contributed by atoms with Gasteiger partial charge in [-0.05, 0) is 48.6 Å². The van der Waals surface area contributed by atoms with E-state index in [0.717, 1.165) is 18.4 Å². The molecule has 1 aromatic heterocycles. The van der Waals surface area contributed by atoms with Crippen molar-refractivity contribution in [3.8, 4) is 17.4 Å². The number of thiazole rings is 1. The molecule has 1 heterocycles. The molecule has 1 N–H and O–H groups in total. The highest BCUT2D eigenvalue weighted by molar-refractivity contribution is 7.09. The largest absolute Gasteiger partial charge is 0.512 e. The Morgan fingerprint density at radius 1 is 1.12 bits per heavy atom. The van der Waals surface area contributed by atoms with Gasteiger partial charge in [-0.1, -0.05) is 24.3 Å². The number of aromatic nitrogens is 1. The number of benzene rings is 2. The first-order valence-electron chi connectivity index (χ1n) is 10.4. The van der Waals surface area contributed by atoms with Gasteiger partial charge in [-0.3, -0.25) is 4.79 Å². The molecule has 0 aliphatic heterocycles. The highest BCUT2D eigenvalue weighted by atomic mass is 32.1. The first-order chi connectivity index (χ1) is 16.0. The summed E-state index contributed by atoms with van der Waals surface area (Å²) in [5.41, 5.74) is 1.45. The zero-order chi connectivity index (χ0) is 23.4. The summed E-state index contributed by atoms with van der Waals surface area (Å²) in [6, 6.07) is 14.4. The fourth-order valence-corrected chi connectivity index (χ4v) is 4.69. The summed E-state index contributed by atoms with van der Waals surface area (Å²) in [5, 5.41) is 11.1. The molecule has 172 valence electrons. The maximum absolute atomic E-state index is 13.7. The molecular formula is C24H24N2O6S. The molecule has 0 spiro atoms. The van der Waals surface area contributed by atoms with E-state index in [1.807, 2.05) is 36.4 Å². The van der Waals surface area contributed by atoms with Crippen LogP contribution in [0.25, 0.3) is 0 Å². The SMILES string of the molecule is COc1ccc(CN(C(=O)c2ccccc2)C(c2nc(OC(=O)O)cs2)C2CC2)cc1OC. The predicted octanol–water partition coefficient (Wildman–Crippen LogP) is 5.01. The Morgan fingerprint density at radius 3 is 2.48 bits per heavy atom. The highest BCUT2D eigenvalue weighted by Gasteiger charge is 2.41. The van der Waals surface area contributed by atoms with E-state index in [1.54, 1.807) is 36.6 Å². The van der Waals surface area contributed by atoms with Crippen LogP contribution in [-0.2, 0) is 6.54 Å². The van der Waals surface area contributed by atoms with Crippen LogP contribution in [0.5, 0.6) is 17.4 Å². The summed E-state index contributed by atoms with van der Waals surface area (Å²) in [6.07, 6.45) is 0.505. The summed E-state index contributed by atoms with van der Waals surface area (Å²) in [6.45, 7) is 0.323. The van der Waals surface area contributed by atoms with Crippen LogP contribution in [0.15, 0.2) is 53.9 Å². The fourth-order valence-electron chi connectivity index (χ4n) is 3.76. The van der Waals surface area contributed by atoms with Gasteiger partial charge in [0.2, 0.25) is 5.88 Å². The quantitative estimate of drug-likeness (QED) is 0.441. The Kier molecular flexibility index (Phi) is 6.79. The number of nitrogens with zero attached hydrogens (tertiary/aromatic N) is 2. The summed E-state index contributed by atoms with van der Waals surface area (Å²) in [4.78, 5) is 30.8. The van der Waals surface area contributed by atoms with Gasteiger partial charge in [0.25, 0.3) is 5.91 Å². The van der Waals surface area contributed by atoms with Crippen LogP contribution in [0.4, 0.5) is 4.79 Å². The van der Waals surface area contributed by atoms with E-state index >= 15 is 0 Å². The molecular weight excluding hydrogens is 444 g/mol. The highest BCUT2D eigenvalue weighted by Crippen LogP contribution is 2.47. The molecule has 1 unspecified atom stereocenters.